The van der Waals surface area contributed by atoms with Crippen molar-refractivity contribution in [2.75, 3.05) is 64.1 Å². The third kappa shape index (κ3) is 4.50. The molecule has 11 nitrogen and oxygen atoms in total. The number of nitrogen functional groups attached to an aromatic ring is 1. The van der Waals surface area contributed by atoms with Crippen molar-refractivity contribution in [2.45, 2.75) is 74.7 Å². The molecule has 0 unspecified atom stereocenters. The fourth-order valence-corrected chi connectivity index (χ4v) is 8.69. The third-order valence-electron chi connectivity index (χ3n) is 11.4. The van der Waals surface area contributed by atoms with E-state index in [1.807, 2.05) is 37.1 Å². The number of nitriles is 1. The van der Waals surface area contributed by atoms with Crippen molar-refractivity contribution in [3.05, 3.63) is 46.2 Å². The Balaban J connectivity index is 1.20. The quantitative estimate of drug-likeness (QED) is 0.417. The molecule has 12 heteroatoms. The number of halogens is 1. The molecular formula is C34H41FN8O3. The number of hydrogen-bond donors (Lipinski definition) is 1. The summed E-state index contributed by atoms with van der Waals surface area (Å²) < 4.78 is 32.7. The average Bonchev–Trinajstić information content (AvgIpc) is 3.72. The average molecular weight is 629 g/mol. The number of nitrogens with zero attached hydrogens (tertiary/aromatic N) is 7. The fraction of sp³-hybridized carbons (Fsp3) is 0.588. The zero-order valence-electron chi connectivity index (χ0n) is 26.8. The highest BCUT2D eigenvalue weighted by molar-refractivity contribution is 5.68. The number of aromatic nitrogens is 3. The zero-order chi connectivity index (χ0) is 31.8. The molecule has 0 bridgehead atoms. The highest BCUT2D eigenvalue weighted by atomic mass is 19.1. The lowest BCUT2D eigenvalue weighted by atomic mass is 9.68. The van der Waals surface area contributed by atoms with Crippen LogP contribution in [0.5, 0.6) is 5.88 Å². The SMILES string of the molecule is C[C@H](Oc1cc(N2CCN(C)C3(COC3)C2)nc(-c2noc3c2CCC[C@@]32CCc3ccc(N)c(C#N)c32)n1)[C@@H]1C[C@@H](F)CN1C. The molecule has 0 saturated carbocycles. The van der Waals surface area contributed by atoms with Crippen molar-refractivity contribution >= 4 is 11.5 Å². The van der Waals surface area contributed by atoms with Crippen LogP contribution in [0.4, 0.5) is 15.9 Å². The number of rotatable bonds is 5. The fourth-order valence-electron chi connectivity index (χ4n) is 8.69. The Kier molecular flexibility index (Phi) is 7.01. The highest BCUT2D eigenvalue weighted by Crippen LogP contribution is 2.54. The molecule has 0 amide bonds. The van der Waals surface area contributed by atoms with Gasteiger partial charge in [-0.15, -0.1) is 0 Å². The second-order valence-corrected chi connectivity index (χ2v) is 14.1. The topological polar surface area (TPSA) is 130 Å². The van der Waals surface area contributed by atoms with Crippen LogP contribution in [0.25, 0.3) is 11.5 Å². The Hall–Kier alpha value is -3.79. The van der Waals surface area contributed by atoms with Gasteiger partial charge in [0.2, 0.25) is 5.88 Å². The molecule has 3 fully saturated rings. The molecule has 3 aliphatic heterocycles. The van der Waals surface area contributed by atoms with E-state index in [0.717, 1.165) is 80.0 Å². The van der Waals surface area contributed by atoms with Crippen LogP contribution in [0, 0.1) is 11.3 Å². The first-order valence-corrected chi connectivity index (χ1v) is 16.5. The molecule has 5 aliphatic rings. The third-order valence-corrected chi connectivity index (χ3v) is 11.4. The second-order valence-electron chi connectivity index (χ2n) is 14.1. The molecule has 3 aromatic rings. The number of alkyl halides is 1. The van der Waals surface area contributed by atoms with Gasteiger partial charge in [-0.1, -0.05) is 11.2 Å². The van der Waals surface area contributed by atoms with Gasteiger partial charge in [-0.3, -0.25) is 9.80 Å². The molecule has 242 valence electrons. The largest absolute Gasteiger partial charge is 0.473 e. The predicted molar refractivity (Wildman–Crippen MR) is 170 cm³/mol. The van der Waals surface area contributed by atoms with Gasteiger partial charge >= 0.3 is 0 Å². The van der Waals surface area contributed by atoms with E-state index < -0.39 is 11.6 Å². The first-order valence-electron chi connectivity index (χ1n) is 16.5. The lowest BCUT2D eigenvalue weighted by Gasteiger charge is -2.54. The van der Waals surface area contributed by atoms with E-state index in [2.05, 4.69) is 28.1 Å². The van der Waals surface area contributed by atoms with E-state index in [1.165, 1.54) is 0 Å². The van der Waals surface area contributed by atoms with Gasteiger partial charge in [0, 0.05) is 49.5 Å². The van der Waals surface area contributed by atoms with E-state index >= 15 is 0 Å². The number of benzene rings is 1. The maximum Gasteiger partial charge on any atom is 0.219 e. The number of anilines is 2. The molecular weight excluding hydrogens is 587 g/mol. The summed E-state index contributed by atoms with van der Waals surface area (Å²) in [7, 11) is 4.09. The summed E-state index contributed by atoms with van der Waals surface area (Å²) in [5.74, 6) is 2.46. The van der Waals surface area contributed by atoms with Gasteiger partial charge in [0.15, 0.2) is 17.3 Å². The van der Waals surface area contributed by atoms with E-state index in [9.17, 15) is 9.65 Å². The van der Waals surface area contributed by atoms with Crippen molar-refractivity contribution in [3.8, 4) is 23.5 Å². The van der Waals surface area contributed by atoms with E-state index in [4.69, 9.17) is 29.7 Å². The van der Waals surface area contributed by atoms with Gasteiger partial charge in [0.05, 0.1) is 29.7 Å². The van der Waals surface area contributed by atoms with E-state index in [0.29, 0.717) is 54.8 Å². The molecule has 2 spiro atoms. The molecule has 5 heterocycles. The summed E-state index contributed by atoms with van der Waals surface area (Å²) in [6.07, 6.45) is 3.53. The van der Waals surface area contributed by atoms with Crippen molar-refractivity contribution in [1.82, 2.24) is 24.9 Å². The number of fused-ring (bicyclic) bond motifs is 4. The second kappa shape index (κ2) is 10.9. The summed E-state index contributed by atoms with van der Waals surface area (Å²) in [6, 6.07) is 8.12. The van der Waals surface area contributed by atoms with Crippen LogP contribution in [0.1, 0.15) is 60.6 Å². The van der Waals surface area contributed by atoms with Crippen molar-refractivity contribution in [3.63, 3.8) is 0 Å². The van der Waals surface area contributed by atoms with Gasteiger partial charge < -0.3 is 24.6 Å². The van der Waals surface area contributed by atoms with Gasteiger partial charge in [-0.05, 0) is 76.7 Å². The van der Waals surface area contributed by atoms with Crippen molar-refractivity contribution in [2.24, 2.45) is 0 Å². The monoisotopic (exact) mass is 628 g/mol. The summed E-state index contributed by atoms with van der Waals surface area (Å²) in [4.78, 5) is 16.7. The lowest BCUT2D eigenvalue weighted by Crippen LogP contribution is -2.70. The van der Waals surface area contributed by atoms with Gasteiger partial charge in [-0.2, -0.15) is 10.2 Å². The van der Waals surface area contributed by atoms with E-state index in [1.54, 1.807) is 0 Å². The Morgan fingerprint density at radius 1 is 1.17 bits per heavy atom. The van der Waals surface area contributed by atoms with Crippen LogP contribution in [0.3, 0.4) is 0 Å². The molecule has 46 heavy (non-hydrogen) atoms. The zero-order valence-corrected chi connectivity index (χ0v) is 26.8. The normalized spacial score (nSPS) is 27.8. The number of ether oxygens (including phenoxy) is 2. The molecule has 4 atom stereocenters. The molecule has 0 radical (unpaired) electrons. The van der Waals surface area contributed by atoms with Crippen LogP contribution in [-0.4, -0.2) is 102 Å². The minimum absolute atomic E-state index is 0.0457. The number of likely N-dealkylation sites (tertiary alicyclic amines) is 1. The minimum Gasteiger partial charge on any atom is -0.473 e. The molecule has 2 N–H and O–H groups in total. The molecule has 8 rings (SSSR count). The summed E-state index contributed by atoms with van der Waals surface area (Å²) >= 11 is 0. The van der Waals surface area contributed by atoms with Crippen molar-refractivity contribution < 1.29 is 18.4 Å². The number of likely N-dealkylation sites (N-methyl/N-ethyl adjacent to an activating group) is 2. The maximum atomic E-state index is 14.3. The minimum atomic E-state index is -0.865. The number of nitrogens with two attached hydrogens (primary N) is 1. The Bertz CT molecular complexity index is 1720. The molecule has 1 aromatic carbocycles. The smallest absolute Gasteiger partial charge is 0.219 e. The van der Waals surface area contributed by atoms with Crippen LogP contribution in [-0.2, 0) is 23.0 Å². The van der Waals surface area contributed by atoms with Crippen LogP contribution >= 0.6 is 0 Å². The number of piperazine rings is 1. The molecule has 2 aliphatic carbocycles. The summed E-state index contributed by atoms with van der Waals surface area (Å²) in [5, 5.41) is 14.8. The number of aryl methyl sites for hydroxylation is 1. The van der Waals surface area contributed by atoms with Gasteiger partial charge in [-0.25, -0.2) is 9.37 Å². The lowest BCUT2D eigenvalue weighted by molar-refractivity contribution is -0.134. The Morgan fingerprint density at radius 2 is 2.02 bits per heavy atom. The Labute approximate surface area is 268 Å². The van der Waals surface area contributed by atoms with Gasteiger partial charge in [0.25, 0.3) is 0 Å². The molecule has 2 aromatic heterocycles. The molecule has 3 saturated heterocycles. The first-order chi connectivity index (χ1) is 22.2. The maximum absolute atomic E-state index is 14.3. The highest BCUT2D eigenvalue weighted by Gasteiger charge is 2.50. The summed E-state index contributed by atoms with van der Waals surface area (Å²) in [5.41, 5.74) is 10.6. The van der Waals surface area contributed by atoms with Crippen LogP contribution in [0.2, 0.25) is 0 Å². The van der Waals surface area contributed by atoms with Gasteiger partial charge in [0.1, 0.15) is 24.2 Å². The van der Waals surface area contributed by atoms with E-state index in [-0.39, 0.29) is 17.7 Å². The van der Waals surface area contributed by atoms with Crippen molar-refractivity contribution in [1.29, 1.82) is 5.26 Å². The predicted octanol–water partition coefficient (Wildman–Crippen LogP) is 3.48. The van der Waals surface area contributed by atoms with Crippen LogP contribution in [0.15, 0.2) is 22.7 Å². The first kappa shape index (κ1) is 29.6. The number of hydrogen-bond acceptors (Lipinski definition) is 11. The standard InChI is InChI=1S/C34H41FN8O3/c1-20(26-13-22(35)16-41(26)2)45-28-14-27(43-12-11-42(3)33(17-43)18-44-19-33)38-32(39-28)30-23-5-4-9-34(31(23)46-40-30)10-8-21-6-7-25(37)24(15-36)29(21)34/h6-7,14,20,22,26H,4-5,8-13,16-19,37H2,1-3H3/t20-,22+,26-,34-/m0/s1. The Morgan fingerprint density at radius 3 is 2.76 bits per heavy atom. The summed E-state index contributed by atoms with van der Waals surface area (Å²) in [6.45, 7) is 6.21. The van der Waals surface area contributed by atoms with Crippen LogP contribution < -0.4 is 15.4 Å².